The Morgan fingerprint density at radius 2 is 2.32 bits per heavy atom. The van der Waals surface area contributed by atoms with Crippen molar-refractivity contribution >= 4 is 5.91 Å². The summed E-state index contributed by atoms with van der Waals surface area (Å²) < 4.78 is 5.35. The van der Waals surface area contributed by atoms with Gasteiger partial charge in [0.1, 0.15) is 0 Å². The summed E-state index contributed by atoms with van der Waals surface area (Å²) in [6.07, 6.45) is 7.87. The van der Waals surface area contributed by atoms with Crippen molar-refractivity contribution in [2.24, 2.45) is 5.92 Å². The maximum absolute atomic E-state index is 12.0. The number of amides is 1. The van der Waals surface area contributed by atoms with Crippen molar-refractivity contribution in [3.63, 3.8) is 0 Å². The highest BCUT2D eigenvalue weighted by Gasteiger charge is 2.24. The molecule has 0 bridgehead atoms. The van der Waals surface area contributed by atoms with Crippen molar-refractivity contribution < 1.29 is 9.32 Å². The van der Waals surface area contributed by atoms with Crippen LogP contribution in [0.1, 0.15) is 37.6 Å². The molecule has 3 heterocycles. The molecule has 0 aromatic carbocycles. The molecule has 22 heavy (non-hydrogen) atoms. The van der Waals surface area contributed by atoms with Gasteiger partial charge < -0.3 is 9.84 Å². The summed E-state index contributed by atoms with van der Waals surface area (Å²) in [6, 6.07) is 1.89. The fourth-order valence-electron chi connectivity index (χ4n) is 2.78. The maximum Gasteiger partial charge on any atom is 0.227 e. The van der Waals surface area contributed by atoms with Crippen LogP contribution in [0.4, 0.5) is 0 Å². The van der Waals surface area contributed by atoms with Crippen molar-refractivity contribution in [2.75, 3.05) is 6.54 Å². The zero-order chi connectivity index (χ0) is 15.4. The van der Waals surface area contributed by atoms with Crippen molar-refractivity contribution in [3.05, 3.63) is 29.9 Å². The molecule has 1 amide bonds. The molecule has 6 heteroatoms. The highest BCUT2D eigenvalue weighted by atomic mass is 16.5. The number of aromatic nitrogens is 3. The van der Waals surface area contributed by atoms with Gasteiger partial charge in [-0.25, -0.2) is 0 Å². The average molecular weight is 300 g/mol. The summed E-state index contributed by atoms with van der Waals surface area (Å²) in [5, 5.41) is 7.00. The molecule has 116 valence electrons. The summed E-state index contributed by atoms with van der Waals surface area (Å²) in [7, 11) is 0. The first-order chi connectivity index (χ1) is 10.8. The van der Waals surface area contributed by atoms with Gasteiger partial charge in [0.25, 0.3) is 0 Å². The van der Waals surface area contributed by atoms with Gasteiger partial charge in [-0.05, 0) is 30.9 Å². The lowest BCUT2D eigenvalue weighted by Gasteiger charge is -2.09. The van der Waals surface area contributed by atoms with Crippen molar-refractivity contribution in [2.45, 2.75) is 39.0 Å². The largest absolute Gasteiger partial charge is 0.356 e. The summed E-state index contributed by atoms with van der Waals surface area (Å²) in [5.74, 6) is 1.12. The van der Waals surface area contributed by atoms with Crippen LogP contribution in [-0.4, -0.2) is 27.6 Å². The number of nitrogens with one attached hydrogen (secondary N) is 1. The third-order valence-electron chi connectivity index (χ3n) is 4.06. The van der Waals surface area contributed by atoms with E-state index in [0.29, 0.717) is 18.1 Å². The normalized spacial score (nSPS) is 18.8. The first kappa shape index (κ1) is 14.7. The van der Waals surface area contributed by atoms with E-state index in [1.807, 2.05) is 12.3 Å². The molecule has 3 rings (SSSR count). The Labute approximate surface area is 129 Å². The first-order valence-corrected chi connectivity index (χ1v) is 7.81. The van der Waals surface area contributed by atoms with Gasteiger partial charge in [0.15, 0.2) is 0 Å². The van der Waals surface area contributed by atoms with Gasteiger partial charge >= 0.3 is 0 Å². The topological polar surface area (TPSA) is 80.9 Å². The van der Waals surface area contributed by atoms with Gasteiger partial charge in [0, 0.05) is 36.8 Å². The molecule has 1 aliphatic rings. The molecule has 6 nitrogen and oxygen atoms in total. The molecule has 1 fully saturated rings. The summed E-state index contributed by atoms with van der Waals surface area (Å²) in [4.78, 5) is 20.6. The zero-order valence-corrected chi connectivity index (χ0v) is 12.7. The monoisotopic (exact) mass is 300 g/mol. The van der Waals surface area contributed by atoms with Crippen LogP contribution in [0.15, 0.2) is 23.0 Å². The molecule has 1 N–H and O–H groups in total. The number of rotatable bonds is 4. The summed E-state index contributed by atoms with van der Waals surface area (Å²) in [5.41, 5.74) is 2.03. The number of hydrogen-bond acceptors (Lipinski definition) is 5. The van der Waals surface area contributed by atoms with Gasteiger partial charge in [0.2, 0.25) is 17.6 Å². The molecule has 2 aromatic rings. The van der Waals surface area contributed by atoms with E-state index in [9.17, 15) is 4.79 Å². The standard InChI is InChI=1S/C16H20N4O2/c1-2-11-10-17-8-6-13(11)15-19-14(22-20-15)9-12-5-3-4-7-18-16(12)21/h6,8,10,12H,2-5,7,9H2,1H3,(H,18,21). The molecule has 0 radical (unpaired) electrons. The van der Waals surface area contributed by atoms with Crippen LogP contribution in [-0.2, 0) is 17.6 Å². The van der Waals surface area contributed by atoms with Crippen LogP contribution in [0.2, 0.25) is 0 Å². The SMILES string of the molecule is CCc1cnccc1-c1noc(CC2CCCCNC2=O)n1. The molecule has 0 spiro atoms. The lowest BCUT2D eigenvalue weighted by Crippen LogP contribution is -2.30. The second-order valence-electron chi connectivity index (χ2n) is 5.59. The zero-order valence-electron chi connectivity index (χ0n) is 12.7. The Morgan fingerprint density at radius 3 is 3.18 bits per heavy atom. The minimum atomic E-state index is -0.0705. The Morgan fingerprint density at radius 1 is 1.41 bits per heavy atom. The number of nitrogens with zero attached hydrogens (tertiary/aromatic N) is 3. The fraction of sp³-hybridized carbons (Fsp3) is 0.500. The van der Waals surface area contributed by atoms with E-state index in [0.717, 1.165) is 43.4 Å². The Kier molecular flexibility index (Phi) is 4.46. The first-order valence-electron chi connectivity index (χ1n) is 7.81. The summed E-state index contributed by atoms with van der Waals surface area (Å²) in [6.45, 7) is 2.83. The second-order valence-corrected chi connectivity index (χ2v) is 5.59. The molecule has 1 aliphatic heterocycles. The van der Waals surface area contributed by atoms with Gasteiger partial charge in [-0.3, -0.25) is 9.78 Å². The Balaban J connectivity index is 1.77. The number of carbonyl (C=O) groups is 1. The second kappa shape index (κ2) is 6.68. The highest BCUT2D eigenvalue weighted by molar-refractivity contribution is 5.79. The van der Waals surface area contributed by atoms with E-state index < -0.39 is 0 Å². The van der Waals surface area contributed by atoms with Crippen LogP contribution < -0.4 is 5.32 Å². The van der Waals surface area contributed by atoms with E-state index in [1.54, 1.807) is 6.20 Å². The van der Waals surface area contributed by atoms with Crippen LogP contribution in [0.25, 0.3) is 11.4 Å². The number of hydrogen-bond donors (Lipinski definition) is 1. The number of carbonyl (C=O) groups excluding carboxylic acids is 1. The van der Waals surface area contributed by atoms with Gasteiger partial charge in [-0.15, -0.1) is 0 Å². The van der Waals surface area contributed by atoms with Crippen molar-refractivity contribution in [1.82, 2.24) is 20.4 Å². The van der Waals surface area contributed by atoms with Crippen molar-refractivity contribution in [1.29, 1.82) is 0 Å². The van der Waals surface area contributed by atoms with E-state index in [2.05, 4.69) is 27.4 Å². The predicted molar refractivity (Wildman–Crippen MR) is 81.0 cm³/mol. The molecule has 0 saturated carbocycles. The smallest absolute Gasteiger partial charge is 0.227 e. The molecule has 2 aromatic heterocycles. The number of aryl methyl sites for hydroxylation is 1. The summed E-state index contributed by atoms with van der Waals surface area (Å²) >= 11 is 0. The van der Waals surface area contributed by atoms with Gasteiger partial charge in [-0.2, -0.15) is 4.98 Å². The molecule has 1 saturated heterocycles. The van der Waals surface area contributed by atoms with Crippen molar-refractivity contribution in [3.8, 4) is 11.4 Å². The van der Waals surface area contributed by atoms with Crippen LogP contribution in [0.5, 0.6) is 0 Å². The van der Waals surface area contributed by atoms with E-state index >= 15 is 0 Å². The molecule has 1 atom stereocenters. The third-order valence-corrected chi connectivity index (χ3v) is 4.06. The van der Waals surface area contributed by atoms with Crippen LogP contribution in [0.3, 0.4) is 0 Å². The highest BCUT2D eigenvalue weighted by Crippen LogP contribution is 2.22. The quantitative estimate of drug-likeness (QED) is 0.935. The third kappa shape index (κ3) is 3.16. The fourth-order valence-corrected chi connectivity index (χ4v) is 2.78. The predicted octanol–water partition coefficient (Wildman–Crippen LogP) is 2.15. The van der Waals surface area contributed by atoms with E-state index in [-0.39, 0.29) is 11.8 Å². The Bertz CT molecular complexity index is 653. The molecule has 0 aliphatic carbocycles. The number of pyridine rings is 1. The van der Waals surface area contributed by atoms with E-state index in [1.165, 1.54) is 0 Å². The van der Waals surface area contributed by atoms with Gasteiger partial charge in [-0.1, -0.05) is 18.5 Å². The minimum Gasteiger partial charge on any atom is -0.356 e. The average Bonchev–Trinajstić information content (AvgIpc) is 2.92. The maximum atomic E-state index is 12.0. The van der Waals surface area contributed by atoms with Gasteiger partial charge in [0.05, 0.1) is 0 Å². The van der Waals surface area contributed by atoms with Crippen LogP contribution in [0, 0.1) is 5.92 Å². The minimum absolute atomic E-state index is 0.0705. The lowest BCUT2D eigenvalue weighted by molar-refractivity contribution is -0.124. The van der Waals surface area contributed by atoms with Crippen LogP contribution >= 0.6 is 0 Å². The molecule has 1 unspecified atom stereocenters. The molecular formula is C16H20N4O2. The Hall–Kier alpha value is -2.24. The van der Waals surface area contributed by atoms with E-state index in [4.69, 9.17) is 4.52 Å². The lowest BCUT2D eigenvalue weighted by atomic mass is 9.99. The molecular weight excluding hydrogens is 280 g/mol.